The SMILES string of the molecule is N#CC(=CNc1ccccc1C(N)=O)c1nc(-c2cc3cc(Br)ccc3oc2=O)cs1. The van der Waals surface area contributed by atoms with Gasteiger partial charge in [-0.3, -0.25) is 4.79 Å². The van der Waals surface area contributed by atoms with Crippen LogP contribution in [0.3, 0.4) is 0 Å². The van der Waals surface area contributed by atoms with E-state index >= 15 is 0 Å². The Balaban J connectivity index is 1.68. The van der Waals surface area contributed by atoms with Gasteiger partial charge < -0.3 is 15.5 Å². The van der Waals surface area contributed by atoms with Gasteiger partial charge in [-0.25, -0.2) is 9.78 Å². The van der Waals surface area contributed by atoms with E-state index in [2.05, 4.69) is 32.3 Å². The molecule has 0 radical (unpaired) electrons. The molecule has 0 atom stereocenters. The third kappa shape index (κ3) is 4.26. The lowest BCUT2D eigenvalue weighted by molar-refractivity contribution is 0.100. The van der Waals surface area contributed by atoms with Gasteiger partial charge in [0.1, 0.15) is 22.2 Å². The number of halogens is 1. The van der Waals surface area contributed by atoms with Crippen molar-refractivity contribution in [1.29, 1.82) is 5.26 Å². The van der Waals surface area contributed by atoms with E-state index in [0.29, 0.717) is 33.1 Å². The molecule has 0 bridgehead atoms. The second-order valence-electron chi connectivity index (χ2n) is 6.39. The molecule has 7 nitrogen and oxygen atoms in total. The Labute approximate surface area is 188 Å². The van der Waals surface area contributed by atoms with Crippen molar-refractivity contribution in [3.8, 4) is 17.3 Å². The summed E-state index contributed by atoms with van der Waals surface area (Å²) in [6.07, 6.45) is 1.45. The molecule has 0 unspecified atom stereocenters. The number of carbonyl (C=O) groups excluding carboxylic acids is 1. The van der Waals surface area contributed by atoms with Gasteiger partial charge in [-0.15, -0.1) is 11.3 Å². The number of nitrogens with zero attached hydrogens (tertiary/aromatic N) is 2. The lowest BCUT2D eigenvalue weighted by Gasteiger charge is -2.06. The van der Waals surface area contributed by atoms with E-state index in [1.807, 2.05) is 6.07 Å². The van der Waals surface area contributed by atoms with Gasteiger partial charge in [-0.2, -0.15) is 5.26 Å². The van der Waals surface area contributed by atoms with Crippen molar-refractivity contribution in [3.05, 3.63) is 85.6 Å². The number of fused-ring (bicyclic) bond motifs is 1. The maximum atomic E-state index is 12.4. The number of rotatable bonds is 5. The summed E-state index contributed by atoms with van der Waals surface area (Å²) >= 11 is 4.62. The highest BCUT2D eigenvalue weighted by molar-refractivity contribution is 9.10. The molecule has 0 aliphatic heterocycles. The minimum atomic E-state index is -0.582. The monoisotopic (exact) mass is 492 g/mol. The van der Waals surface area contributed by atoms with Crippen molar-refractivity contribution < 1.29 is 9.21 Å². The first kappa shape index (κ1) is 20.5. The fourth-order valence-corrected chi connectivity index (χ4v) is 4.07. The third-order valence-electron chi connectivity index (χ3n) is 4.39. The molecular formula is C22H13BrN4O3S. The van der Waals surface area contributed by atoms with Crippen LogP contribution in [0.4, 0.5) is 5.69 Å². The number of para-hydroxylation sites is 1. The van der Waals surface area contributed by atoms with Crippen molar-refractivity contribution in [1.82, 2.24) is 4.98 Å². The molecule has 0 fully saturated rings. The molecule has 2 aromatic carbocycles. The second-order valence-corrected chi connectivity index (χ2v) is 8.17. The molecule has 9 heteroatoms. The van der Waals surface area contributed by atoms with Crippen LogP contribution in [0.2, 0.25) is 0 Å². The molecule has 0 saturated heterocycles. The van der Waals surface area contributed by atoms with Gasteiger partial charge in [0.05, 0.1) is 22.5 Å². The van der Waals surface area contributed by atoms with Crippen molar-refractivity contribution in [2.24, 2.45) is 5.73 Å². The number of hydrogen-bond donors (Lipinski definition) is 2. The van der Waals surface area contributed by atoms with Crippen LogP contribution in [0.25, 0.3) is 27.8 Å². The average molecular weight is 493 g/mol. The summed E-state index contributed by atoms with van der Waals surface area (Å²) in [7, 11) is 0. The minimum absolute atomic E-state index is 0.239. The fourth-order valence-electron chi connectivity index (χ4n) is 2.91. The number of benzene rings is 2. The van der Waals surface area contributed by atoms with E-state index in [4.69, 9.17) is 10.2 Å². The van der Waals surface area contributed by atoms with Crippen LogP contribution in [0, 0.1) is 11.3 Å². The van der Waals surface area contributed by atoms with Crippen molar-refractivity contribution >= 4 is 55.4 Å². The number of amides is 1. The number of carbonyl (C=O) groups is 1. The maximum absolute atomic E-state index is 12.4. The quantitative estimate of drug-likeness (QED) is 0.306. The van der Waals surface area contributed by atoms with Crippen molar-refractivity contribution in [2.75, 3.05) is 5.32 Å². The maximum Gasteiger partial charge on any atom is 0.345 e. The first-order valence-electron chi connectivity index (χ1n) is 8.91. The number of anilines is 1. The molecule has 2 heterocycles. The fraction of sp³-hybridized carbons (Fsp3) is 0. The van der Waals surface area contributed by atoms with Crippen LogP contribution < -0.4 is 16.7 Å². The van der Waals surface area contributed by atoms with Gasteiger partial charge in [0.25, 0.3) is 5.91 Å². The normalized spacial score (nSPS) is 11.3. The second kappa shape index (κ2) is 8.55. The van der Waals surface area contributed by atoms with Crippen LogP contribution in [0.1, 0.15) is 15.4 Å². The van der Waals surface area contributed by atoms with Gasteiger partial charge in [0.2, 0.25) is 0 Å². The minimum Gasteiger partial charge on any atom is -0.422 e. The predicted molar refractivity (Wildman–Crippen MR) is 123 cm³/mol. The zero-order chi connectivity index (χ0) is 22.0. The molecular weight excluding hydrogens is 480 g/mol. The van der Waals surface area contributed by atoms with Crippen LogP contribution in [-0.4, -0.2) is 10.9 Å². The molecule has 0 saturated carbocycles. The highest BCUT2D eigenvalue weighted by atomic mass is 79.9. The Bertz CT molecular complexity index is 1450. The Kier molecular flexibility index (Phi) is 5.66. The summed E-state index contributed by atoms with van der Waals surface area (Å²) in [5.41, 5.74) is 7.07. The molecule has 2 aromatic heterocycles. The number of allylic oxidation sites excluding steroid dienone is 1. The van der Waals surface area contributed by atoms with Gasteiger partial charge in [-0.1, -0.05) is 28.1 Å². The first-order chi connectivity index (χ1) is 15.0. The largest absolute Gasteiger partial charge is 0.422 e. The van der Waals surface area contributed by atoms with Gasteiger partial charge in [0.15, 0.2) is 0 Å². The molecule has 4 rings (SSSR count). The number of nitriles is 1. The Hall–Kier alpha value is -3.74. The highest BCUT2D eigenvalue weighted by Gasteiger charge is 2.14. The summed E-state index contributed by atoms with van der Waals surface area (Å²) in [4.78, 5) is 28.4. The number of hydrogen-bond acceptors (Lipinski definition) is 7. The number of aromatic nitrogens is 1. The van der Waals surface area contributed by atoms with E-state index in [1.165, 1.54) is 17.5 Å². The molecule has 152 valence electrons. The summed E-state index contributed by atoms with van der Waals surface area (Å²) in [6.45, 7) is 0. The molecule has 0 spiro atoms. The lowest BCUT2D eigenvalue weighted by atomic mass is 10.1. The van der Waals surface area contributed by atoms with Crippen LogP contribution in [0.5, 0.6) is 0 Å². The smallest absolute Gasteiger partial charge is 0.345 e. The molecule has 1 amide bonds. The summed E-state index contributed by atoms with van der Waals surface area (Å²) in [5.74, 6) is -0.582. The lowest BCUT2D eigenvalue weighted by Crippen LogP contribution is -2.13. The van der Waals surface area contributed by atoms with E-state index in [-0.39, 0.29) is 5.57 Å². The molecule has 0 aliphatic carbocycles. The van der Waals surface area contributed by atoms with E-state index in [1.54, 1.807) is 47.8 Å². The molecule has 0 aliphatic rings. The summed E-state index contributed by atoms with van der Waals surface area (Å²) < 4.78 is 6.25. The zero-order valence-corrected chi connectivity index (χ0v) is 18.2. The highest BCUT2D eigenvalue weighted by Crippen LogP contribution is 2.27. The van der Waals surface area contributed by atoms with Crippen LogP contribution >= 0.6 is 27.3 Å². The number of thiazole rings is 1. The molecule has 3 N–H and O–H groups in total. The number of nitrogens with one attached hydrogen (secondary N) is 1. The first-order valence-corrected chi connectivity index (χ1v) is 10.6. The van der Waals surface area contributed by atoms with Crippen molar-refractivity contribution in [3.63, 3.8) is 0 Å². The standard InChI is InChI=1S/C22H13BrN4O3S/c23-14-5-6-19-12(7-14)8-16(22(29)30-19)18-11-31-21(27-18)13(9-24)10-26-17-4-2-1-3-15(17)20(25)28/h1-8,10-11,26H,(H2,25,28). The molecule has 31 heavy (non-hydrogen) atoms. The Morgan fingerprint density at radius 2 is 2.06 bits per heavy atom. The van der Waals surface area contributed by atoms with E-state index in [9.17, 15) is 14.9 Å². The van der Waals surface area contributed by atoms with Crippen molar-refractivity contribution in [2.45, 2.75) is 0 Å². The third-order valence-corrected chi connectivity index (χ3v) is 5.76. The van der Waals surface area contributed by atoms with Gasteiger partial charge >= 0.3 is 5.63 Å². The Morgan fingerprint density at radius 3 is 2.84 bits per heavy atom. The van der Waals surface area contributed by atoms with Crippen LogP contribution in [0.15, 0.2) is 73.8 Å². The summed E-state index contributed by atoms with van der Waals surface area (Å²) in [6, 6.07) is 15.8. The number of primary amides is 1. The Morgan fingerprint density at radius 1 is 1.26 bits per heavy atom. The van der Waals surface area contributed by atoms with E-state index < -0.39 is 11.5 Å². The average Bonchev–Trinajstić information content (AvgIpc) is 3.24. The molecule has 4 aromatic rings. The zero-order valence-electron chi connectivity index (χ0n) is 15.8. The number of nitrogens with two attached hydrogens (primary N) is 1. The van der Waals surface area contributed by atoms with Crippen LogP contribution in [-0.2, 0) is 0 Å². The van der Waals surface area contributed by atoms with E-state index in [0.717, 1.165) is 9.86 Å². The topological polar surface area (TPSA) is 122 Å². The van der Waals surface area contributed by atoms with Gasteiger partial charge in [0, 0.05) is 21.4 Å². The summed E-state index contributed by atoms with van der Waals surface area (Å²) in [5, 5.41) is 15.4. The van der Waals surface area contributed by atoms with Gasteiger partial charge in [-0.05, 0) is 36.4 Å². The predicted octanol–water partition coefficient (Wildman–Crippen LogP) is 4.75.